The molecule has 2 rings (SSSR count). The van der Waals surface area contributed by atoms with Crippen LogP contribution in [-0.4, -0.2) is 26.6 Å². The van der Waals surface area contributed by atoms with Crippen molar-refractivity contribution in [2.45, 2.75) is 17.7 Å². The summed E-state index contributed by atoms with van der Waals surface area (Å²) in [4.78, 5) is 12.1. The smallest absolute Gasteiger partial charge is 0.220 e. The van der Waals surface area contributed by atoms with Crippen molar-refractivity contribution in [3.63, 3.8) is 0 Å². The Kier molecular flexibility index (Phi) is 6.66. The van der Waals surface area contributed by atoms with Crippen molar-refractivity contribution in [2.24, 2.45) is 0 Å². The maximum Gasteiger partial charge on any atom is 0.220 e. The van der Waals surface area contributed by atoms with E-state index in [2.05, 4.69) is 5.32 Å². The van der Waals surface area contributed by atoms with Crippen LogP contribution in [0.3, 0.4) is 0 Å². The molecule has 0 aliphatic heterocycles. The molecule has 0 radical (unpaired) electrons. The van der Waals surface area contributed by atoms with Gasteiger partial charge in [0, 0.05) is 23.0 Å². The van der Waals surface area contributed by atoms with Crippen LogP contribution in [-0.2, 0) is 21.1 Å². The van der Waals surface area contributed by atoms with Crippen LogP contribution in [0.2, 0.25) is 10.0 Å². The predicted molar refractivity (Wildman–Crippen MR) is 96.3 cm³/mol. The average molecular weight is 386 g/mol. The number of carbonyl (C=O) groups excluding carboxylic acids is 1. The molecule has 0 bridgehead atoms. The Balaban J connectivity index is 1.79. The van der Waals surface area contributed by atoms with E-state index in [0.717, 1.165) is 5.56 Å². The lowest BCUT2D eigenvalue weighted by Gasteiger charge is -2.08. The number of hydrogen-bond acceptors (Lipinski definition) is 3. The molecule has 128 valence electrons. The first-order valence-corrected chi connectivity index (χ1v) is 9.78. The van der Waals surface area contributed by atoms with Gasteiger partial charge in [-0.1, -0.05) is 47.5 Å². The van der Waals surface area contributed by atoms with E-state index in [1.54, 1.807) is 48.5 Å². The Hall–Kier alpha value is -1.56. The number of sulfone groups is 1. The Morgan fingerprint density at radius 1 is 1.04 bits per heavy atom. The minimum atomic E-state index is -3.39. The molecule has 0 spiro atoms. The molecule has 0 aliphatic carbocycles. The summed E-state index contributed by atoms with van der Waals surface area (Å²) in [5.41, 5.74) is 0.827. The molecule has 1 N–H and O–H groups in total. The highest BCUT2D eigenvalue weighted by molar-refractivity contribution is 7.91. The maximum atomic E-state index is 12.1. The first-order chi connectivity index (χ1) is 11.4. The quantitative estimate of drug-likeness (QED) is 0.792. The molecule has 1 amide bonds. The van der Waals surface area contributed by atoms with Gasteiger partial charge in [-0.2, -0.15) is 0 Å². The van der Waals surface area contributed by atoms with Gasteiger partial charge in [0.25, 0.3) is 0 Å². The Morgan fingerprint density at radius 3 is 2.42 bits per heavy atom. The first-order valence-electron chi connectivity index (χ1n) is 7.37. The molecule has 0 heterocycles. The second-order valence-electron chi connectivity index (χ2n) is 5.22. The molecule has 0 saturated heterocycles. The lowest BCUT2D eigenvalue weighted by molar-refractivity contribution is -0.120. The van der Waals surface area contributed by atoms with Crippen LogP contribution < -0.4 is 5.32 Å². The van der Waals surface area contributed by atoms with Crippen LogP contribution >= 0.6 is 23.2 Å². The highest BCUT2D eigenvalue weighted by atomic mass is 35.5. The Bertz CT molecular complexity index is 808. The number of carbonyl (C=O) groups is 1. The number of aryl methyl sites for hydroxylation is 1. The average Bonchev–Trinajstić information content (AvgIpc) is 2.55. The molecule has 0 aromatic heterocycles. The van der Waals surface area contributed by atoms with E-state index in [4.69, 9.17) is 23.2 Å². The summed E-state index contributed by atoms with van der Waals surface area (Å²) in [6, 6.07) is 13.3. The zero-order chi connectivity index (χ0) is 17.6. The number of halogens is 2. The molecule has 24 heavy (non-hydrogen) atoms. The van der Waals surface area contributed by atoms with Crippen LogP contribution in [0.5, 0.6) is 0 Å². The number of amides is 1. The lowest BCUT2D eigenvalue weighted by atomic mass is 10.1. The van der Waals surface area contributed by atoms with E-state index in [-0.39, 0.29) is 29.5 Å². The standard InChI is InChI=1S/C17H17Cl2NO3S/c18-14-8-6-13(16(19)12-14)7-9-17(21)20-10-11-24(22,23)15-4-2-1-3-5-15/h1-6,8,12H,7,9-11H2,(H,20,21). The number of rotatable bonds is 7. The van der Waals surface area contributed by atoms with E-state index >= 15 is 0 Å². The summed E-state index contributed by atoms with van der Waals surface area (Å²) in [5, 5.41) is 3.68. The number of hydrogen-bond donors (Lipinski definition) is 1. The van der Waals surface area contributed by atoms with Gasteiger partial charge in [-0.25, -0.2) is 8.42 Å². The minimum absolute atomic E-state index is 0.0738. The van der Waals surface area contributed by atoms with Gasteiger partial charge in [-0.3, -0.25) is 4.79 Å². The van der Waals surface area contributed by atoms with Crippen molar-refractivity contribution in [1.82, 2.24) is 5.32 Å². The van der Waals surface area contributed by atoms with Crippen LogP contribution in [0.15, 0.2) is 53.4 Å². The fourth-order valence-corrected chi connectivity index (χ4v) is 3.81. The van der Waals surface area contributed by atoms with E-state index in [0.29, 0.717) is 16.5 Å². The van der Waals surface area contributed by atoms with Gasteiger partial charge in [0.05, 0.1) is 10.6 Å². The van der Waals surface area contributed by atoms with Gasteiger partial charge in [0.1, 0.15) is 0 Å². The van der Waals surface area contributed by atoms with Crippen molar-refractivity contribution in [3.8, 4) is 0 Å². The van der Waals surface area contributed by atoms with E-state index < -0.39 is 9.84 Å². The first kappa shape index (κ1) is 18.8. The summed E-state index contributed by atoms with van der Waals surface area (Å²) in [5.74, 6) is -0.353. The van der Waals surface area contributed by atoms with Crippen molar-refractivity contribution in [1.29, 1.82) is 0 Å². The van der Waals surface area contributed by atoms with E-state index in [1.807, 2.05) is 0 Å². The second kappa shape index (κ2) is 8.51. The van der Waals surface area contributed by atoms with E-state index in [9.17, 15) is 13.2 Å². The molecular weight excluding hydrogens is 369 g/mol. The third-order valence-corrected chi connectivity index (χ3v) is 5.75. The Labute approximate surface area is 151 Å². The molecule has 2 aromatic rings. The molecule has 7 heteroatoms. The fourth-order valence-electron chi connectivity index (χ4n) is 2.13. The van der Waals surface area contributed by atoms with Crippen LogP contribution in [0.25, 0.3) is 0 Å². The monoisotopic (exact) mass is 385 g/mol. The molecule has 0 aliphatic rings. The zero-order valence-corrected chi connectivity index (χ0v) is 15.2. The number of nitrogens with one attached hydrogen (secondary N) is 1. The van der Waals surface area contributed by atoms with Crippen molar-refractivity contribution in [2.75, 3.05) is 12.3 Å². The minimum Gasteiger partial charge on any atom is -0.355 e. The molecule has 4 nitrogen and oxygen atoms in total. The highest BCUT2D eigenvalue weighted by Crippen LogP contribution is 2.22. The lowest BCUT2D eigenvalue weighted by Crippen LogP contribution is -2.29. The third kappa shape index (κ3) is 5.51. The van der Waals surface area contributed by atoms with Crippen molar-refractivity contribution >= 4 is 38.9 Å². The van der Waals surface area contributed by atoms with Gasteiger partial charge < -0.3 is 5.32 Å². The van der Waals surface area contributed by atoms with Gasteiger partial charge >= 0.3 is 0 Å². The summed E-state index contributed by atoms with van der Waals surface area (Å²) in [7, 11) is -3.39. The molecule has 2 aromatic carbocycles. The second-order valence-corrected chi connectivity index (χ2v) is 8.17. The van der Waals surface area contributed by atoms with Gasteiger partial charge in [0.2, 0.25) is 5.91 Å². The third-order valence-electron chi connectivity index (χ3n) is 3.43. The summed E-state index contributed by atoms with van der Waals surface area (Å²) in [6.07, 6.45) is 0.694. The fraction of sp³-hybridized carbons (Fsp3) is 0.235. The van der Waals surface area contributed by atoms with Crippen LogP contribution in [0, 0.1) is 0 Å². The summed E-state index contributed by atoms with van der Waals surface area (Å²) >= 11 is 11.9. The molecule has 0 atom stereocenters. The summed E-state index contributed by atoms with van der Waals surface area (Å²) < 4.78 is 24.2. The normalized spacial score (nSPS) is 11.2. The SMILES string of the molecule is O=C(CCc1ccc(Cl)cc1Cl)NCCS(=O)(=O)c1ccccc1. The van der Waals surface area contributed by atoms with Gasteiger partial charge in [-0.15, -0.1) is 0 Å². The molecule has 0 unspecified atom stereocenters. The van der Waals surface area contributed by atoms with Gasteiger partial charge in [0.15, 0.2) is 9.84 Å². The Morgan fingerprint density at radius 2 is 1.75 bits per heavy atom. The molecular formula is C17H17Cl2NO3S. The van der Waals surface area contributed by atoms with Crippen molar-refractivity contribution in [3.05, 3.63) is 64.1 Å². The van der Waals surface area contributed by atoms with Crippen LogP contribution in [0.4, 0.5) is 0 Å². The van der Waals surface area contributed by atoms with Crippen molar-refractivity contribution < 1.29 is 13.2 Å². The molecule has 0 fully saturated rings. The topological polar surface area (TPSA) is 63.2 Å². The van der Waals surface area contributed by atoms with Crippen LogP contribution in [0.1, 0.15) is 12.0 Å². The number of benzene rings is 2. The maximum absolute atomic E-state index is 12.1. The zero-order valence-electron chi connectivity index (χ0n) is 12.8. The largest absolute Gasteiger partial charge is 0.355 e. The van der Waals surface area contributed by atoms with E-state index in [1.165, 1.54) is 0 Å². The van der Waals surface area contributed by atoms with Gasteiger partial charge in [-0.05, 0) is 36.2 Å². The summed E-state index contributed by atoms with van der Waals surface area (Å²) in [6.45, 7) is 0.0738. The molecule has 0 saturated carbocycles. The predicted octanol–water partition coefficient (Wildman–Crippen LogP) is 3.52. The highest BCUT2D eigenvalue weighted by Gasteiger charge is 2.14.